The van der Waals surface area contributed by atoms with Gasteiger partial charge in [0.05, 0.1) is 17.7 Å². The second-order valence-corrected chi connectivity index (χ2v) is 15.7. The number of nitrogens with zero attached hydrogens (tertiary/aromatic N) is 1. The SMILES string of the molecule is CC(C)(C)[Si](C)(C)OCCCNc1cc(CN2C(=O)c3ccccc3C2=O)ccc1-c1ccccc1. The third kappa shape index (κ3) is 5.45. The van der Waals surface area contributed by atoms with Gasteiger partial charge in [-0.2, -0.15) is 0 Å². The summed E-state index contributed by atoms with van der Waals surface area (Å²) in [6.07, 6.45) is 0.892. The molecule has 3 aromatic rings. The molecule has 0 aromatic heterocycles. The van der Waals surface area contributed by atoms with Crippen molar-refractivity contribution in [3.8, 4) is 11.1 Å². The van der Waals surface area contributed by atoms with Crippen LogP contribution in [0.25, 0.3) is 11.1 Å². The number of hydrogen-bond acceptors (Lipinski definition) is 4. The van der Waals surface area contributed by atoms with Gasteiger partial charge in [0.1, 0.15) is 0 Å². The Bertz CT molecular complexity index is 1210. The zero-order valence-corrected chi connectivity index (χ0v) is 22.9. The summed E-state index contributed by atoms with van der Waals surface area (Å²) in [5.74, 6) is -0.472. The summed E-state index contributed by atoms with van der Waals surface area (Å²) < 4.78 is 6.33. The summed E-state index contributed by atoms with van der Waals surface area (Å²) in [5, 5.41) is 3.78. The summed E-state index contributed by atoms with van der Waals surface area (Å²) in [6, 6.07) is 23.4. The molecule has 6 heteroatoms. The van der Waals surface area contributed by atoms with Crippen molar-refractivity contribution in [2.75, 3.05) is 18.5 Å². The van der Waals surface area contributed by atoms with E-state index in [1.165, 1.54) is 4.90 Å². The maximum absolute atomic E-state index is 12.9. The molecule has 1 heterocycles. The maximum Gasteiger partial charge on any atom is 0.261 e. The fourth-order valence-electron chi connectivity index (χ4n) is 4.11. The van der Waals surface area contributed by atoms with Crippen molar-refractivity contribution in [3.63, 3.8) is 0 Å². The van der Waals surface area contributed by atoms with E-state index in [0.29, 0.717) is 11.1 Å². The molecule has 0 bridgehead atoms. The van der Waals surface area contributed by atoms with Crippen LogP contribution in [-0.2, 0) is 11.0 Å². The van der Waals surface area contributed by atoms with Crippen LogP contribution >= 0.6 is 0 Å². The molecule has 1 N–H and O–H groups in total. The van der Waals surface area contributed by atoms with Crippen LogP contribution in [0.2, 0.25) is 18.1 Å². The zero-order valence-electron chi connectivity index (χ0n) is 21.9. The lowest BCUT2D eigenvalue weighted by Gasteiger charge is -2.36. The molecule has 0 spiro atoms. The molecule has 0 unspecified atom stereocenters. The third-order valence-corrected chi connectivity index (χ3v) is 11.8. The molecule has 0 atom stereocenters. The summed E-state index contributed by atoms with van der Waals surface area (Å²) in [4.78, 5) is 27.1. The fourth-order valence-corrected chi connectivity index (χ4v) is 5.20. The van der Waals surface area contributed by atoms with E-state index in [-0.39, 0.29) is 23.4 Å². The molecule has 0 fully saturated rings. The Labute approximate surface area is 215 Å². The fraction of sp³-hybridized carbons (Fsp3) is 0.333. The molecular formula is C30H36N2O3Si. The number of hydrogen-bond donors (Lipinski definition) is 1. The van der Waals surface area contributed by atoms with Crippen molar-refractivity contribution >= 4 is 25.8 Å². The Morgan fingerprint density at radius 3 is 2.06 bits per heavy atom. The maximum atomic E-state index is 12.9. The number of fused-ring (bicyclic) bond motifs is 1. The first kappa shape index (κ1) is 25.9. The van der Waals surface area contributed by atoms with E-state index in [9.17, 15) is 9.59 Å². The van der Waals surface area contributed by atoms with E-state index < -0.39 is 8.32 Å². The van der Waals surface area contributed by atoms with Crippen LogP contribution in [0.1, 0.15) is 53.5 Å². The van der Waals surface area contributed by atoms with Gasteiger partial charge in [-0.3, -0.25) is 14.5 Å². The predicted octanol–water partition coefficient (Wildman–Crippen LogP) is 6.97. The largest absolute Gasteiger partial charge is 0.417 e. The summed E-state index contributed by atoms with van der Waals surface area (Å²) in [6.45, 7) is 13.0. The van der Waals surface area contributed by atoms with Crippen LogP contribution in [0.3, 0.4) is 0 Å². The summed E-state index contributed by atoms with van der Waals surface area (Å²) in [7, 11) is -1.76. The summed E-state index contributed by atoms with van der Waals surface area (Å²) >= 11 is 0. The van der Waals surface area contributed by atoms with E-state index in [1.807, 2.05) is 24.3 Å². The highest BCUT2D eigenvalue weighted by Crippen LogP contribution is 2.36. The number of nitrogens with one attached hydrogen (secondary N) is 1. The van der Waals surface area contributed by atoms with Gasteiger partial charge in [0.2, 0.25) is 0 Å². The molecule has 1 aliphatic heterocycles. The number of carbonyl (C=O) groups excluding carboxylic acids is 2. The van der Waals surface area contributed by atoms with E-state index in [4.69, 9.17) is 4.43 Å². The second kappa shape index (κ2) is 10.4. The average Bonchev–Trinajstić information content (AvgIpc) is 3.09. The van der Waals surface area contributed by atoms with Gasteiger partial charge in [0.15, 0.2) is 8.32 Å². The van der Waals surface area contributed by atoms with Crippen LogP contribution in [-0.4, -0.2) is 38.2 Å². The lowest BCUT2D eigenvalue weighted by Crippen LogP contribution is -2.41. The molecule has 36 heavy (non-hydrogen) atoms. The highest BCUT2D eigenvalue weighted by molar-refractivity contribution is 6.74. The highest BCUT2D eigenvalue weighted by atomic mass is 28.4. The van der Waals surface area contributed by atoms with Gasteiger partial charge in [-0.05, 0) is 53.9 Å². The van der Waals surface area contributed by atoms with Gasteiger partial charge in [-0.15, -0.1) is 0 Å². The minimum Gasteiger partial charge on any atom is -0.417 e. The number of imide groups is 1. The van der Waals surface area contributed by atoms with Crippen molar-refractivity contribution in [3.05, 3.63) is 89.5 Å². The van der Waals surface area contributed by atoms with Crippen LogP contribution < -0.4 is 5.32 Å². The number of amides is 2. The number of rotatable bonds is 9. The van der Waals surface area contributed by atoms with Gasteiger partial charge in [-0.1, -0.05) is 75.4 Å². The lowest BCUT2D eigenvalue weighted by molar-refractivity contribution is 0.0642. The number of carbonyl (C=O) groups is 2. The van der Waals surface area contributed by atoms with Crippen molar-refractivity contribution in [2.24, 2.45) is 0 Å². The first-order chi connectivity index (χ1) is 17.1. The lowest BCUT2D eigenvalue weighted by atomic mass is 10.0. The minimum atomic E-state index is -1.76. The van der Waals surface area contributed by atoms with Gasteiger partial charge >= 0.3 is 0 Å². The number of benzene rings is 3. The Kier molecular flexibility index (Phi) is 7.48. The standard InChI is InChI=1S/C30H36N2O3Si/c1-30(2,3)36(4,5)35-19-11-18-31-27-20-22(16-17-24(27)23-12-7-6-8-13-23)21-32-28(33)25-14-9-10-15-26(25)29(32)34/h6-10,12-17,20,31H,11,18-19,21H2,1-5H3. The predicted molar refractivity (Wildman–Crippen MR) is 149 cm³/mol. The Morgan fingerprint density at radius 1 is 0.833 bits per heavy atom. The van der Waals surface area contributed by atoms with E-state index in [0.717, 1.165) is 42.0 Å². The van der Waals surface area contributed by atoms with Crippen LogP contribution in [0, 0.1) is 0 Å². The van der Waals surface area contributed by atoms with Crippen LogP contribution in [0.4, 0.5) is 5.69 Å². The van der Waals surface area contributed by atoms with E-state index >= 15 is 0 Å². The summed E-state index contributed by atoms with van der Waals surface area (Å²) in [5.41, 5.74) is 5.05. The first-order valence-electron chi connectivity index (χ1n) is 12.6. The molecule has 3 aromatic carbocycles. The Morgan fingerprint density at radius 2 is 1.44 bits per heavy atom. The quantitative estimate of drug-likeness (QED) is 0.196. The van der Waals surface area contributed by atoms with E-state index in [1.54, 1.807) is 24.3 Å². The van der Waals surface area contributed by atoms with Crippen molar-refractivity contribution in [1.82, 2.24) is 4.90 Å². The van der Waals surface area contributed by atoms with Crippen molar-refractivity contribution in [2.45, 2.75) is 51.9 Å². The molecule has 2 amide bonds. The van der Waals surface area contributed by atoms with Gasteiger partial charge < -0.3 is 9.74 Å². The molecular weight excluding hydrogens is 464 g/mol. The monoisotopic (exact) mass is 500 g/mol. The van der Waals surface area contributed by atoms with Crippen molar-refractivity contribution in [1.29, 1.82) is 0 Å². The third-order valence-electron chi connectivity index (χ3n) is 7.29. The zero-order chi connectivity index (χ0) is 25.9. The van der Waals surface area contributed by atoms with Crippen LogP contribution in [0.5, 0.6) is 0 Å². The average molecular weight is 501 g/mol. The van der Waals surface area contributed by atoms with Gasteiger partial charge in [0, 0.05) is 24.4 Å². The van der Waals surface area contributed by atoms with Gasteiger partial charge in [-0.25, -0.2) is 0 Å². The Hall–Kier alpha value is -3.22. The van der Waals surface area contributed by atoms with Crippen molar-refractivity contribution < 1.29 is 14.0 Å². The smallest absolute Gasteiger partial charge is 0.261 e. The first-order valence-corrected chi connectivity index (χ1v) is 15.5. The second-order valence-electron chi connectivity index (χ2n) is 10.9. The number of anilines is 1. The van der Waals surface area contributed by atoms with E-state index in [2.05, 4.69) is 63.4 Å². The molecule has 5 nitrogen and oxygen atoms in total. The minimum absolute atomic E-state index is 0.194. The highest BCUT2D eigenvalue weighted by Gasteiger charge is 2.37. The molecule has 0 saturated carbocycles. The van der Waals surface area contributed by atoms with Crippen LogP contribution in [0.15, 0.2) is 72.8 Å². The molecule has 4 rings (SSSR count). The molecule has 0 saturated heterocycles. The molecule has 188 valence electrons. The molecule has 0 radical (unpaired) electrons. The topological polar surface area (TPSA) is 58.6 Å². The molecule has 1 aliphatic rings. The normalized spacial score (nSPS) is 13.8. The molecule has 0 aliphatic carbocycles. The van der Waals surface area contributed by atoms with Gasteiger partial charge in [0.25, 0.3) is 11.8 Å². The Balaban J connectivity index is 1.49.